The van der Waals surface area contributed by atoms with E-state index in [0.29, 0.717) is 22.7 Å². The maximum atomic E-state index is 12.3. The van der Waals surface area contributed by atoms with Crippen LogP contribution in [0.3, 0.4) is 0 Å². The lowest BCUT2D eigenvalue weighted by molar-refractivity contribution is -0.117. The molecule has 1 heterocycles. The van der Waals surface area contributed by atoms with Gasteiger partial charge in [0.25, 0.3) is 5.91 Å². The van der Waals surface area contributed by atoms with Crippen molar-refractivity contribution in [1.29, 1.82) is 0 Å². The summed E-state index contributed by atoms with van der Waals surface area (Å²) >= 11 is 0. The van der Waals surface area contributed by atoms with Crippen LogP contribution >= 0.6 is 0 Å². The Kier molecular flexibility index (Phi) is 5.30. The maximum Gasteiger partial charge on any atom is 0.251 e. The van der Waals surface area contributed by atoms with Gasteiger partial charge in [0.15, 0.2) is 5.76 Å². The van der Waals surface area contributed by atoms with E-state index in [1.165, 1.54) is 4.90 Å². The standard InChI is InChI=1S/C19H25N3O3/c1-12-17(13(2)25-21-12)22(6)16(23)11-20-18(24)14-7-9-15(10-8-14)19(3,4)5/h7-10H,11H2,1-6H3,(H,20,24). The fourth-order valence-corrected chi connectivity index (χ4v) is 2.58. The van der Waals surface area contributed by atoms with Gasteiger partial charge in [0.05, 0.1) is 6.54 Å². The first-order chi connectivity index (χ1) is 11.6. The van der Waals surface area contributed by atoms with Crippen molar-refractivity contribution in [2.24, 2.45) is 0 Å². The Hall–Kier alpha value is -2.63. The Bertz CT molecular complexity index is 751. The van der Waals surface area contributed by atoms with Gasteiger partial charge < -0.3 is 14.7 Å². The Morgan fingerprint density at radius 3 is 2.24 bits per heavy atom. The second-order valence-corrected chi connectivity index (χ2v) is 7.14. The maximum absolute atomic E-state index is 12.3. The molecule has 1 aromatic heterocycles. The van der Waals surface area contributed by atoms with Gasteiger partial charge in [0.1, 0.15) is 11.4 Å². The van der Waals surface area contributed by atoms with Crippen LogP contribution in [0.5, 0.6) is 0 Å². The lowest BCUT2D eigenvalue weighted by Gasteiger charge is -2.19. The number of anilines is 1. The van der Waals surface area contributed by atoms with Crippen LogP contribution in [0, 0.1) is 13.8 Å². The topological polar surface area (TPSA) is 75.4 Å². The molecule has 6 nitrogen and oxygen atoms in total. The number of aryl methyl sites for hydroxylation is 2. The van der Waals surface area contributed by atoms with Gasteiger partial charge in [-0.05, 0) is 37.0 Å². The van der Waals surface area contributed by atoms with Crippen LogP contribution in [0.15, 0.2) is 28.8 Å². The van der Waals surface area contributed by atoms with Gasteiger partial charge in [-0.15, -0.1) is 0 Å². The summed E-state index contributed by atoms with van der Waals surface area (Å²) in [6.45, 7) is 9.77. The van der Waals surface area contributed by atoms with Crippen LogP contribution < -0.4 is 10.2 Å². The van der Waals surface area contributed by atoms with Crippen molar-refractivity contribution in [1.82, 2.24) is 10.5 Å². The summed E-state index contributed by atoms with van der Waals surface area (Å²) in [6, 6.07) is 7.43. The van der Waals surface area contributed by atoms with Gasteiger partial charge in [-0.1, -0.05) is 38.1 Å². The highest BCUT2D eigenvalue weighted by molar-refractivity contribution is 6.00. The molecule has 6 heteroatoms. The number of likely N-dealkylation sites (N-methyl/N-ethyl adjacent to an activating group) is 1. The summed E-state index contributed by atoms with van der Waals surface area (Å²) in [4.78, 5) is 26.0. The van der Waals surface area contributed by atoms with Gasteiger partial charge in [0, 0.05) is 12.6 Å². The zero-order valence-electron chi connectivity index (χ0n) is 15.6. The molecule has 0 aliphatic rings. The highest BCUT2D eigenvalue weighted by Crippen LogP contribution is 2.23. The van der Waals surface area contributed by atoms with E-state index in [9.17, 15) is 9.59 Å². The van der Waals surface area contributed by atoms with Gasteiger partial charge in [-0.2, -0.15) is 0 Å². The third-order valence-electron chi connectivity index (χ3n) is 4.12. The van der Waals surface area contributed by atoms with E-state index >= 15 is 0 Å². The number of carbonyl (C=O) groups is 2. The average molecular weight is 343 g/mol. The molecule has 2 amide bonds. The lowest BCUT2D eigenvalue weighted by Crippen LogP contribution is -2.38. The Labute approximate surface area is 148 Å². The summed E-state index contributed by atoms with van der Waals surface area (Å²) in [6.07, 6.45) is 0. The number of aromatic nitrogens is 1. The predicted molar refractivity (Wildman–Crippen MR) is 96.9 cm³/mol. The molecule has 0 aliphatic carbocycles. The fourth-order valence-electron chi connectivity index (χ4n) is 2.58. The highest BCUT2D eigenvalue weighted by Gasteiger charge is 2.20. The Morgan fingerprint density at radius 1 is 1.16 bits per heavy atom. The zero-order chi connectivity index (χ0) is 18.8. The van der Waals surface area contributed by atoms with Crippen molar-refractivity contribution in [3.8, 4) is 0 Å². The van der Waals surface area contributed by atoms with E-state index in [2.05, 4.69) is 31.2 Å². The monoisotopic (exact) mass is 343 g/mol. The van der Waals surface area contributed by atoms with Gasteiger partial charge in [-0.25, -0.2) is 0 Å². The molecule has 0 atom stereocenters. The largest absolute Gasteiger partial charge is 0.359 e. The molecule has 0 fully saturated rings. The number of nitrogens with zero attached hydrogens (tertiary/aromatic N) is 2. The minimum Gasteiger partial charge on any atom is -0.359 e. The van der Waals surface area contributed by atoms with Crippen LogP contribution in [0.4, 0.5) is 5.69 Å². The molecule has 2 aromatic rings. The fraction of sp³-hybridized carbons (Fsp3) is 0.421. The predicted octanol–water partition coefficient (Wildman–Crippen LogP) is 2.98. The number of rotatable bonds is 4. The molecule has 0 saturated carbocycles. The summed E-state index contributed by atoms with van der Waals surface area (Å²) in [5.41, 5.74) is 2.98. The van der Waals surface area contributed by atoms with E-state index in [1.54, 1.807) is 33.0 Å². The number of hydrogen-bond donors (Lipinski definition) is 1. The Balaban J connectivity index is 1.98. The lowest BCUT2D eigenvalue weighted by atomic mass is 9.87. The average Bonchev–Trinajstić information content (AvgIpc) is 2.89. The molecule has 25 heavy (non-hydrogen) atoms. The molecule has 2 rings (SSSR count). The van der Waals surface area contributed by atoms with Gasteiger partial charge in [0.2, 0.25) is 5.91 Å². The number of amides is 2. The second-order valence-electron chi connectivity index (χ2n) is 7.14. The number of hydrogen-bond acceptors (Lipinski definition) is 4. The smallest absolute Gasteiger partial charge is 0.251 e. The first-order valence-corrected chi connectivity index (χ1v) is 8.19. The van der Waals surface area contributed by atoms with Crippen molar-refractivity contribution in [2.75, 3.05) is 18.5 Å². The summed E-state index contributed by atoms with van der Waals surface area (Å²) in [7, 11) is 1.64. The molecule has 0 saturated heterocycles. The van der Waals surface area contributed by atoms with E-state index < -0.39 is 0 Å². The minimum atomic E-state index is -0.277. The van der Waals surface area contributed by atoms with Crippen LogP contribution in [0.25, 0.3) is 0 Å². The summed E-state index contributed by atoms with van der Waals surface area (Å²) in [5, 5.41) is 6.49. The summed E-state index contributed by atoms with van der Waals surface area (Å²) in [5.74, 6) is 0.0486. The molecular formula is C19H25N3O3. The van der Waals surface area contributed by atoms with Crippen LogP contribution in [0.2, 0.25) is 0 Å². The molecule has 1 aromatic carbocycles. The van der Waals surface area contributed by atoms with E-state index in [-0.39, 0.29) is 23.8 Å². The van der Waals surface area contributed by atoms with Gasteiger partial charge >= 0.3 is 0 Å². The zero-order valence-corrected chi connectivity index (χ0v) is 15.6. The molecule has 0 aliphatic heterocycles. The van der Waals surface area contributed by atoms with E-state index in [0.717, 1.165) is 5.56 Å². The van der Waals surface area contributed by atoms with Crippen molar-refractivity contribution in [3.63, 3.8) is 0 Å². The molecular weight excluding hydrogens is 318 g/mol. The van der Waals surface area contributed by atoms with E-state index in [4.69, 9.17) is 4.52 Å². The summed E-state index contributed by atoms with van der Waals surface area (Å²) < 4.78 is 5.07. The molecule has 134 valence electrons. The first-order valence-electron chi connectivity index (χ1n) is 8.19. The van der Waals surface area contributed by atoms with Crippen molar-refractivity contribution in [2.45, 2.75) is 40.0 Å². The normalized spacial score (nSPS) is 11.3. The first kappa shape index (κ1) is 18.7. The SMILES string of the molecule is Cc1noc(C)c1N(C)C(=O)CNC(=O)c1ccc(C(C)(C)C)cc1. The van der Waals surface area contributed by atoms with Crippen molar-refractivity contribution in [3.05, 3.63) is 46.8 Å². The third kappa shape index (κ3) is 4.26. The molecule has 0 unspecified atom stereocenters. The quantitative estimate of drug-likeness (QED) is 0.926. The van der Waals surface area contributed by atoms with Crippen LogP contribution in [-0.2, 0) is 10.2 Å². The van der Waals surface area contributed by atoms with Crippen molar-refractivity contribution < 1.29 is 14.1 Å². The number of nitrogens with one attached hydrogen (secondary N) is 1. The molecule has 0 radical (unpaired) electrons. The van der Waals surface area contributed by atoms with Gasteiger partial charge in [-0.3, -0.25) is 9.59 Å². The van der Waals surface area contributed by atoms with E-state index in [1.807, 2.05) is 12.1 Å². The number of carbonyl (C=O) groups excluding carboxylic acids is 2. The molecule has 0 spiro atoms. The Morgan fingerprint density at radius 2 is 1.76 bits per heavy atom. The molecule has 1 N–H and O–H groups in total. The van der Waals surface area contributed by atoms with Crippen LogP contribution in [-0.4, -0.2) is 30.6 Å². The van der Waals surface area contributed by atoms with Crippen LogP contribution in [0.1, 0.15) is 48.1 Å². The molecule has 0 bridgehead atoms. The highest BCUT2D eigenvalue weighted by atomic mass is 16.5. The minimum absolute atomic E-state index is 0.0298. The third-order valence-corrected chi connectivity index (χ3v) is 4.12. The second kappa shape index (κ2) is 7.09. The number of benzene rings is 1. The van der Waals surface area contributed by atoms with Crippen molar-refractivity contribution >= 4 is 17.5 Å².